The Morgan fingerprint density at radius 1 is 1.12 bits per heavy atom. The monoisotopic (exact) mass is 342 g/mol. The zero-order valence-corrected chi connectivity index (χ0v) is 13.8. The zero-order chi connectivity index (χ0) is 17.0. The van der Waals surface area contributed by atoms with Gasteiger partial charge in [-0.1, -0.05) is 17.7 Å². The number of rotatable bonds is 2. The van der Waals surface area contributed by atoms with Crippen LogP contribution in [0.2, 0.25) is 5.02 Å². The third kappa shape index (κ3) is 1.88. The van der Waals surface area contributed by atoms with Crippen LogP contribution in [-0.2, 0) is 7.05 Å². The van der Waals surface area contributed by atoms with Crippen LogP contribution in [-0.4, -0.2) is 23.5 Å². The fourth-order valence-electron chi connectivity index (χ4n) is 3.24. The number of imide groups is 1. The van der Waals surface area contributed by atoms with Crippen molar-refractivity contribution in [3.05, 3.63) is 52.7 Å². The molecule has 2 amide bonds. The number of halogens is 1. The van der Waals surface area contributed by atoms with E-state index in [-0.39, 0.29) is 7.33 Å². The summed E-state index contributed by atoms with van der Waals surface area (Å²) in [5.74, 6) is -0.262. The first-order valence-electron chi connectivity index (χ1n) is 7.33. The first kappa shape index (κ1) is 14.8. The Morgan fingerprint density at radius 2 is 1.88 bits per heavy atom. The second-order valence-electron chi connectivity index (χ2n) is 5.63. The molecule has 0 radical (unpaired) electrons. The second-order valence-corrected chi connectivity index (χ2v) is 6.04. The van der Waals surface area contributed by atoms with Gasteiger partial charge in [0.15, 0.2) is 0 Å². The molecule has 2 aromatic carbocycles. The molecule has 1 aliphatic rings. The summed E-state index contributed by atoms with van der Waals surface area (Å²) in [6.07, 6.45) is 1.86. The number of nitrogens with one attached hydrogen (secondary N) is 1. The summed E-state index contributed by atoms with van der Waals surface area (Å²) in [7, 11) is 3.43. The number of hydrogen-bond acceptors (Lipinski definition) is 3. The molecule has 24 heavy (non-hydrogen) atoms. The molecular weight excluding hydrogens is 328 g/mol. The molecule has 1 aromatic heterocycles. The minimum Gasteiger partial charge on any atom is -0.496 e. The molecule has 0 fully saturated rings. The molecule has 1 N–H and O–H groups in total. The van der Waals surface area contributed by atoms with Crippen molar-refractivity contribution in [2.75, 3.05) is 7.11 Å². The number of ether oxygens (including phenoxy) is 1. The van der Waals surface area contributed by atoms with Crippen LogP contribution in [0.3, 0.4) is 0 Å². The summed E-state index contributed by atoms with van der Waals surface area (Å²) in [4.78, 5) is 24.7. The van der Waals surface area contributed by atoms with Crippen LogP contribution in [0.4, 0.5) is 0 Å². The van der Waals surface area contributed by atoms with E-state index in [2.05, 4.69) is 5.32 Å². The fourth-order valence-corrected chi connectivity index (χ4v) is 3.51. The Kier molecular flexibility index (Phi) is 3.15. The smallest absolute Gasteiger partial charge is 0.259 e. The first-order valence-corrected chi connectivity index (χ1v) is 7.71. The molecule has 1 aliphatic heterocycles. The third-order valence-corrected chi connectivity index (χ3v) is 4.65. The average molecular weight is 343 g/mol. The van der Waals surface area contributed by atoms with Gasteiger partial charge in [0.25, 0.3) is 11.8 Å². The topological polar surface area (TPSA) is 60.3 Å². The molecule has 0 atom stereocenters. The lowest BCUT2D eigenvalue weighted by molar-refractivity contribution is 0.0880. The number of nitrogens with zero attached hydrogens (tertiary/aromatic N) is 1. The second kappa shape index (κ2) is 5.11. The molecule has 0 unspecified atom stereocenters. The number of benzene rings is 2. The Hall–Kier alpha value is -2.79. The molecule has 0 saturated carbocycles. The SMILES string of the molecule is COc1cccc(Cl)c1-c1cc2c(ccn2C)c2c1C(=O)NC2=O.[HH]. The van der Waals surface area contributed by atoms with E-state index in [1.54, 1.807) is 25.3 Å². The van der Waals surface area contributed by atoms with Crippen LogP contribution >= 0.6 is 11.6 Å². The van der Waals surface area contributed by atoms with Crippen LogP contribution in [0.5, 0.6) is 5.75 Å². The number of hydrogen-bond donors (Lipinski definition) is 1. The van der Waals surface area contributed by atoms with Crippen molar-refractivity contribution in [2.24, 2.45) is 7.05 Å². The van der Waals surface area contributed by atoms with Gasteiger partial charge in [0.1, 0.15) is 5.75 Å². The maximum absolute atomic E-state index is 12.4. The molecule has 0 aliphatic carbocycles. The zero-order valence-electron chi connectivity index (χ0n) is 13.0. The van der Waals surface area contributed by atoms with Gasteiger partial charge in [0.05, 0.1) is 23.3 Å². The summed E-state index contributed by atoms with van der Waals surface area (Å²) in [6.45, 7) is 0. The molecule has 122 valence electrons. The maximum Gasteiger partial charge on any atom is 0.259 e. The summed E-state index contributed by atoms with van der Waals surface area (Å²) >= 11 is 6.39. The van der Waals surface area contributed by atoms with E-state index in [1.165, 1.54) is 0 Å². The van der Waals surface area contributed by atoms with Gasteiger partial charge in [-0.05, 0) is 24.3 Å². The Labute approximate surface area is 144 Å². The molecule has 6 heteroatoms. The van der Waals surface area contributed by atoms with Crippen LogP contribution in [0, 0.1) is 0 Å². The van der Waals surface area contributed by atoms with Crippen LogP contribution in [0.15, 0.2) is 36.5 Å². The molecule has 5 nitrogen and oxygen atoms in total. The average Bonchev–Trinajstić information content (AvgIpc) is 3.07. The van der Waals surface area contributed by atoms with Crippen molar-refractivity contribution in [1.82, 2.24) is 9.88 Å². The highest BCUT2D eigenvalue weighted by atomic mass is 35.5. The highest BCUT2D eigenvalue weighted by Gasteiger charge is 2.34. The van der Waals surface area contributed by atoms with Crippen molar-refractivity contribution in [3.63, 3.8) is 0 Å². The minimum absolute atomic E-state index is 0. The van der Waals surface area contributed by atoms with Gasteiger partial charge < -0.3 is 9.30 Å². The van der Waals surface area contributed by atoms with E-state index in [0.29, 0.717) is 33.0 Å². The summed E-state index contributed by atoms with van der Waals surface area (Å²) in [5, 5.41) is 3.58. The number of carbonyl (C=O) groups excluding carboxylic acids is 2. The van der Waals surface area contributed by atoms with E-state index in [0.717, 1.165) is 10.9 Å². The number of amides is 2. The predicted molar refractivity (Wildman–Crippen MR) is 93.8 cm³/mol. The molecule has 3 aromatic rings. The highest BCUT2D eigenvalue weighted by molar-refractivity contribution is 6.35. The van der Waals surface area contributed by atoms with Gasteiger partial charge in [-0.15, -0.1) is 0 Å². The van der Waals surface area contributed by atoms with Gasteiger partial charge in [-0.2, -0.15) is 0 Å². The highest BCUT2D eigenvalue weighted by Crippen LogP contribution is 2.42. The van der Waals surface area contributed by atoms with Gasteiger partial charge in [-0.3, -0.25) is 14.9 Å². The fraction of sp³-hybridized carbons (Fsp3) is 0.111. The lowest BCUT2D eigenvalue weighted by Crippen LogP contribution is -2.20. The molecule has 0 spiro atoms. The number of methoxy groups -OCH3 is 1. The lowest BCUT2D eigenvalue weighted by Gasteiger charge is -2.14. The van der Waals surface area contributed by atoms with Crippen LogP contribution in [0.1, 0.15) is 22.1 Å². The van der Waals surface area contributed by atoms with Gasteiger partial charge in [-0.25, -0.2) is 0 Å². The molecule has 4 rings (SSSR count). The van der Waals surface area contributed by atoms with Crippen LogP contribution < -0.4 is 10.1 Å². The van der Waals surface area contributed by atoms with Crippen molar-refractivity contribution in [3.8, 4) is 16.9 Å². The maximum atomic E-state index is 12.4. The summed E-state index contributed by atoms with van der Waals surface area (Å²) in [5.41, 5.74) is 2.76. The van der Waals surface area contributed by atoms with Crippen molar-refractivity contribution >= 4 is 34.3 Å². The molecular formula is C18H15ClN2O3. The van der Waals surface area contributed by atoms with Gasteiger partial charge in [0.2, 0.25) is 0 Å². The molecule has 2 heterocycles. The number of aromatic nitrogens is 1. The number of carbonyl (C=O) groups is 2. The third-order valence-electron chi connectivity index (χ3n) is 4.34. The van der Waals surface area contributed by atoms with E-state index in [4.69, 9.17) is 16.3 Å². The quantitative estimate of drug-likeness (QED) is 0.723. The van der Waals surface area contributed by atoms with Crippen molar-refractivity contribution in [2.45, 2.75) is 0 Å². The largest absolute Gasteiger partial charge is 0.496 e. The van der Waals surface area contributed by atoms with Crippen molar-refractivity contribution in [1.29, 1.82) is 0 Å². The number of aryl methyl sites for hydroxylation is 1. The lowest BCUT2D eigenvalue weighted by atomic mass is 9.93. The summed E-state index contributed by atoms with van der Waals surface area (Å²) in [6, 6.07) is 8.99. The predicted octanol–water partition coefficient (Wildman–Crippen LogP) is 3.64. The first-order chi connectivity index (χ1) is 11.5. The normalized spacial score (nSPS) is 13.3. The molecule has 0 saturated heterocycles. The van der Waals surface area contributed by atoms with Gasteiger partial charge in [0, 0.05) is 36.7 Å². The Bertz CT molecular complexity index is 1040. The van der Waals surface area contributed by atoms with Gasteiger partial charge >= 0.3 is 0 Å². The Morgan fingerprint density at radius 3 is 2.62 bits per heavy atom. The number of fused-ring (bicyclic) bond motifs is 3. The van der Waals surface area contributed by atoms with Crippen molar-refractivity contribution < 1.29 is 15.8 Å². The van der Waals surface area contributed by atoms with E-state index < -0.39 is 5.91 Å². The Balaban J connectivity index is 0.00000182. The minimum atomic E-state index is -0.419. The van der Waals surface area contributed by atoms with E-state index in [1.807, 2.05) is 29.9 Å². The van der Waals surface area contributed by atoms with E-state index in [9.17, 15) is 9.59 Å². The summed E-state index contributed by atoms with van der Waals surface area (Å²) < 4.78 is 7.32. The molecule has 0 bridgehead atoms. The van der Waals surface area contributed by atoms with Crippen LogP contribution in [0.25, 0.3) is 22.0 Å². The van der Waals surface area contributed by atoms with E-state index >= 15 is 0 Å². The standard InChI is InChI=1S/C18H13ClN2O3.H2/c1-21-7-6-9-12(21)8-10(16-15(9)17(22)20-18(16)23)14-11(19)4-3-5-13(14)24-2;/h3-8H,1-2H3,(H,20,22,23);1H.